The van der Waals surface area contributed by atoms with Gasteiger partial charge in [0.25, 0.3) is 0 Å². The van der Waals surface area contributed by atoms with Gasteiger partial charge in [0.15, 0.2) is 11.5 Å². The van der Waals surface area contributed by atoms with Crippen molar-refractivity contribution in [3.8, 4) is 17.2 Å². The van der Waals surface area contributed by atoms with Crippen molar-refractivity contribution >= 4 is 34.8 Å². The number of hydrogen-bond donors (Lipinski definition) is 0. The second-order valence-electron chi connectivity index (χ2n) is 6.00. The maximum absolute atomic E-state index is 12.7. The summed E-state index contributed by atoms with van der Waals surface area (Å²) < 4.78 is 21.4. The Bertz CT molecular complexity index is 883. The van der Waals surface area contributed by atoms with Gasteiger partial charge in [-0.05, 0) is 36.4 Å². The van der Waals surface area contributed by atoms with E-state index >= 15 is 0 Å². The number of thiocarbonyl (C=S) groups is 1. The van der Waals surface area contributed by atoms with E-state index in [1.807, 2.05) is 4.90 Å². The zero-order valence-electron chi connectivity index (χ0n) is 15.6. The lowest BCUT2D eigenvalue weighted by atomic mass is 10.1. The highest BCUT2D eigenvalue weighted by Gasteiger charge is 2.21. The normalized spacial score (nSPS) is 13.8. The highest BCUT2D eigenvalue weighted by Crippen LogP contribution is 2.30. The van der Waals surface area contributed by atoms with Gasteiger partial charge in [-0.25, -0.2) is 4.79 Å². The fourth-order valence-corrected chi connectivity index (χ4v) is 3.33. The average molecular weight is 422 g/mol. The molecule has 0 aromatic heterocycles. The quantitative estimate of drug-likeness (QED) is 0.415. The molecule has 0 spiro atoms. The highest BCUT2D eigenvalue weighted by molar-refractivity contribution is 7.80. The van der Waals surface area contributed by atoms with E-state index in [1.54, 1.807) is 36.4 Å². The lowest BCUT2D eigenvalue weighted by Crippen LogP contribution is -2.40. The zero-order chi connectivity index (χ0) is 20.1. The Morgan fingerprint density at radius 1 is 1.04 bits per heavy atom. The molecule has 0 radical (unpaired) electrons. The van der Waals surface area contributed by atoms with E-state index in [1.165, 1.54) is 14.2 Å². The molecule has 0 aliphatic carbocycles. The van der Waals surface area contributed by atoms with E-state index in [0.717, 1.165) is 0 Å². The van der Waals surface area contributed by atoms with Crippen LogP contribution in [-0.2, 0) is 4.74 Å². The first-order valence-corrected chi connectivity index (χ1v) is 9.43. The Kier molecular flexibility index (Phi) is 6.72. The number of nitrogens with zero attached hydrogens (tertiary/aromatic N) is 1. The van der Waals surface area contributed by atoms with Crippen molar-refractivity contribution < 1.29 is 23.7 Å². The van der Waals surface area contributed by atoms with Crippen LogP contribution >= 0.6 is 23.8 Å². The molecular weight excluding hydrogens is 402 g/mol. The van der Waals surface area contributed by atoms with E-state index in [2.05, 4.69) is 0 Å². The lowest BCUT2D eigenvalue weighted by Gasteiger charge is -2.29. The van der Waals surface area contributed by atoms with Crippen molar-refractivity contribution in [2.24, 2.45) is 0 Å². The maximum Gasteiger partial charge on any atom is 0.343 e. The number of benzene rings is 2. The number of halogens is 1. The molecule has 148 valence electrons. The first-order chi connectivity index (χ1) is 13.5. The molecule has 0 N–H and O–H groups in total. The molecule has 8 heteroatoms. The number of hydrogen-bond acceptors (Lipinski definition) is 6. The van der Waals surface area contributed by atoms with Crippen LogP contribution in [0.4, 0.5) is 0 Å². The predicted molar refractivity (Wildman–Crippen MR) is 110 cm³/mol. The number of rotatable bonds is 5. The Labute approximate surface area is 173 Å². The van der Waals surface area contributed by atoms with Gasteiger partial charge in [-0.2, -0.15) is 0 Å². The molecule has 2 aromatic rings. The van der Waals surface area contributed by atoms with Crippen LogP contribution in [0.25, 0.3) is 0 Å². The number of carbonyl (C=O) groups excluding carboxylic acids is 1. The van der Waals surface area contributed by atoms with E-state index < -0.39 is 5.97 Å². The van der Waals surface area contributed by atoms with Crippen LogP contribution in [0, 0.1) is 0 Å². The molecule has 2 aromatic carbocycles. The first-order valence-electron chi connectivity index (χ1n) is 8.64. The summed E-state index contributed by atoms with van der Waals surface area (Å²) in [5, 5.41) is 0.511. The van der Waals surface area contributed by atoms with Crippen molar-refractivity contribution in [1.29, 1.82) is 0 Å². The van der Waals surface area contributed by atoms with Crippen molar-refractivity contribution in [2.45, 2.75) is 0 Å². The molecule has 0 bridgehead atoms. The molecule has 0 saturated carbocycles. The summed E-state index contributed by atoms with van der Waals surface area (Å²) >= 11 is 11.8. The summed E-state index contributed by atoms with van der Waals surface area (Å²) in [6.07, 6.45) is 0. The molecule has 1 saturated heterocycles. The molecular formula is C20H20ClNO5S. The molecule has 28 heavy (non-hydrogen) atoms. The van der Waals surface area contributed by atoms with Crippen LogP contribution in [0.1, 0.15) is 15.9 Å². The Morgan fingerprint density at radius 2 is 1.71 bits per heavy atom. The molecule has 1 aliphatic rings. The second kappa shape index (κ2) is 9.23. The zero-order valence-corrected chi connectivity index (χ0v) is 17.1. The smallest absolute Gasteiger partial charge is 0.343 e. The van der Waals surface area contributed by atoms with Gasteiger partial charge in [-0.1, -0.05) is 23.8 Å². The van der Waals surface area contributed by atoms with Crippen LogP contribution in [-0.4, -0.2) is 56.4 Å². The van der Waals surface area contributed by atoms with Crippen LogP contribution in [0.15, 0.2) is 36.4 Å². The molecule has 0 atom stereocenters. The second-order valence-corrected chi connectivity index (χ2v) is 6.83. The number of methoxy groups -OCH3 is 2. The summed E-state index contributed by atoms with van der Waals surface area (Å²) in [4.78, 5) is 15.3. The Balaban J connectivity index is 1.86. The minimum absolute atomic E-state index is 0.329. The van der Waals surface area contributed by atoms with Gasteiger partial charge >= 0.3 is 5.97 Å². The van der Waals surface area contributed by atoms with E-state index in [0.29, 0.717) is 64.7 Å². The highest BCUT2D eigenvalue weighted by atomic mass is 35.5. The third-order valence-corrected chi connectivity index (χ3v) is 5.01. The van der Waals surface area contributed by atoms with Gasteiger partial charge in [0.2, 0.25) is 0 Å². The van der Waals surface area contributed by atoms with Crippen molar-refractivity contribution in [3.63, 3.8) is 0 Å². The summed E-state index contributed by atoms with van der Waals surface area (Å²) in [7, 11) is 3.04. The van der Waals surface area contributed by atoms with Crippen molar-refractivity contribution in [1.82, 2.24) is 4.90 Å². The van der Waals surface area contributed by atoms with Gasteiger partial charge in [0, 0.05) is 18.1 Å². The molecule has 0 amide bonds. The van der Waals surface area contributed by atoms with E-state index in [4.69, 9.17) is 42.8 Å². The Hall–Kier alpha value is -2.35. The number of esters is 1. The standard InChI is InChI=1S/C20H20ClNO5S/c1-24-17-5-3-13(11-18(17)25-2)20(23)27-16-6-4-14(21)12-15(16)19(28)22-7-9-26-10-8-22/h3-6,11-12H,7-10H2,1-2H3. The topological polar surface area (TPSA) is 57.2 Å². The monoisotopic (exact) mass is 421 g/mol. The minimum atomic E-state index is -0.533. The maximum atomic E-state index is 12.7. The fourth-order valence-electron chi connectivity index (χ4n) is 2.82. The number of morpholine rings is 1. The van der Waals surface area contributed by atoms with E-state index in [9.17, 15) is 4.79 Å². The molecule has 1 heterocycles. The summed E-state index contributed by atoms with van der Waals surface area (Å²) in [6, 6.07) is 9.83. The summed E-state index contributed by atoms with van der Waals surface area (Å²) in [6.45, 7) is 2.55. The van der Waals surface area contributed by atoms with Crippen LogP contribution in [0.2, 0.25) is 5.02 Å². The van der Waals surface area contributed by atoms with Crippen LogP contribution in [0.3, 0.4) is 0 Å². The van der Waals surface area contributed by atoms with Crippen LogP contribution in [0.5, 0.6) is 17.2 Å². The number of ether oxygens (including phenoxy) is 4. The number of carbonyl (C=O) groups is 1. The molecule has 6 nitrogen and oxygen atoms in total. The van der Waals surface area contributed by atoms with E-state index in [-0.39, 0.29) is 0 Å². The van der Waals surface area contributed by atoms with Gasteiger partial charge in [0.05, 0.1) is 38.6 Å². The SMILES string of the molecule is COc1ccc(C(=O)Oc2ccc(Cl)cc2C(=S)N2CCOCC2)cc1OC. The Morgan fingerprint density at radius 3 is 2.39 bits per heavy atom. The molecule has 3 rings (SSSR count). The van der Waals surface area contributed by atoms with Gasteiger partial charge < -0.3 is 23.8 Å². The van der Waals surface area contributed by atoms with Crippen molar-refractivity contribution in [2.75, 3.05) is 40.5 Å². The van der Waals surface area contributed by atoms with Gasteiger partial charge in [-0.3, -0.25) is 0 Å². The molecule has 1 fully saturated rings. The molecule has 0 unspecified atom stereocenters. The largest absolute Gasteiger partial charge is 0.493 e. The third kappa shape index (κ3) is 4.55. The predicted octanol–water partition coefficient (Wildman–Crippen LogP) is 3.58. The molecule has 1 aliphatic heterocycles. The summed E-state index contributed by atoms with van der Waals surface area (Å²) in [5.41, 5.74) is 0.925. The summed E-state index contributed by atoms with van der Waals surface area (Å²) in [5.74, 6) is 0.784. The minimum Gasteiger partial charge on any atom is -0.493 e. The lowest BCUT2D eigenvalue weighted by molar-refractivity contribution is 0.0687. The third-order valence-electron chi connectivity index (χ3n) is 4.29. The fraction of sp³-hybridized carbons (Fsp3) is 0.300. The van der Waals surface area contributed by atoms with Gasteiger partial charge in [-0.15, -0.1) is 0 Å². The van der Waals surface area contributed by atoms with Crippen LogP contribution < -0.4 is 14.2 Å². The average Bonchev–Trinajstić information content (AvgIpc) is 2.74. The first kappa shape index (κ1) is 20.4. The van der Waals surface area contributed by atoms with Crippen molar-refractivity contribution in [3.05, 3.63) is 52.5 Å². The van der Waals surface area contributed by atoms with Gasteiger partial charge in [0.1, 0.15) is 10.7 Å².